The van der Waals surface area contributed by atoms with E-state index in [1.54, 1.807) is 0 Å². The summed E-state index contributed by atoms with van der Waals surface area (Å²) < 4.78 is 27.0. The molecule has 0 aliphatic carbocycles. The third kappa shape index (κ3) is 5.51. The van der Waals surface area contributed by atoms with Gasteiger partial charge in [-0.25, -0.2) is 8.78 Å². The monoisotopic (exact) mass is 433 g/mol. The van der Waals surface area contributed by atoms with E-state index >= 15 is 0 Å². The molecule has 0 unspecified atom stereocenters. The summed E-state index contributed by atoms with van der Waals surface area (Å²) in [5, 5.41) is 3.50. The van der Waals surface area contributed by atoms with Crippen molar-refractivity contribution in [3.8, 4) is 0 Å². The fraction of sp³-hybridized carbons (Fsp3) is 0.458. The molecule has 0 atom stereocenters. The average Bonchev–Trinajstić information content (AvgIpc) is 2.72. The van der Waals surface area contributed by atoms with Crippen LogP contribution in [-0.2, 0) is 0 Å². The maximum absolute atomic E-state index is 13.5. The van der Waals surface area contributed by atoms with Gasteiger partial charge in [0.1, 0.15) is 11.6 Å². The van der Waals surface area contributed by atoms with Crippen molar-refractivity contribution in [1.29, 1.82) is 0 Å². The number of guanidine groups is 1. The Morgan fingerprint density at radius 3 is 1.97 bits per heavy atom. The summed E-state index contributed by atoms with van der Waals surface area (Å²) in [4.78, 5) is 7.13. The van der Waals surface area contributed by atoms with Crippen molar-refractivity contribution in [1.82, 2.24) is 10.2 Å². The molecule has 0 bridgehead atoms. The van der Waals surface area contributed by atoms with Gasteiger partial charge in [0.05, 0.1) is 0 Å². The normalized spacial score (nSPS) is 19.8. The molecule has 1 saturated heterocycles. The highest BCUT2D eigenvalue weighted by molar-refractivity contribution is 5.85. The van der Waals surface area contributed by atoms with Crippen molar-refractivity contribution in [2.24, 2.45) is 10.9 Å². The molecule has 0 amide bonds. The van der Waals surface area contributed by atoms with Crippen LogP contribution in [0.25, 0.3) is 0 Å². The van der Waals surface area contributed by atoms with Crippen molar-refractivity contribution in [3.05, 3.63) is 71.3 Å². The number of hydrogen-bond acceptors (Lipinski definition) is 3. The molecule has 1 N–H and O–H groups in total. The number of hydrogen-bond donors (Lipinski definition) is 1. The van der Waals surface area contributed by atoms with E-state index in [1.165, 1.54) is 43.5 Å². The fourth-order valence-corrected chi connectivity index (χ4v) is 4.59. The van der Waals surface area contributed by atoms with Gasteiger partial charge in [0.15, 0.2) is 5.96 Å². The van der Waals surface area contributed by atoms with Gasteiger partial charge < -0.3 is 10.2 Å². The van der Waals surface area contributed by atoms with Crippen LogP contribution >= 0.6 is 12.4 Å². The summed E-state index contributed by atoms with van der Waals surface area (Å²) in [7, 11) is 0. The Kier molecular flexibility index (Phi) is 8.08. The van der Waals surface area contributed by atoms with E-state index in [0.29, 0.717) is 5.92 Å². The van der Waals surface area contributed by atoms with Gasteiger partial charge in [-0.1, -0.05) is 24.3 Å². The van der Waals surface area contributed by atoms with Crippen LogP contribution in [0.5, 0.6) is 0 Å². The van der Waals surface area contributed by atoms with Crippen molar-refractivity contribution in [2.45, 2.75) is 38.0 Å². The molecule has 30 heavy (non-hydrogen) atoms. The lowest BCUT2D eigenvalue weighted by Gasteiger charge is -2.38. The van der Waals surface area contributed by atoms with Crippen LogP contribution in [0.1, 0.15) is 49.1 Å². The largest absolute Gasteiger partial charge is 0.356 e. The molecule has 162 valence electrons. The van der Waals surface area contributed by atoms with Crippen molar-refractivity contribution in [2.75, 3.05) is 26.2 Å². The number of nitrogens with zero attached hydrogens (tertiary/aromatic N) is 2. The Bertz CT molecular complexity index is 770. The number of rotatable bonds is 3. The molecule has 3 nitrogen and oxygen atoms in total. The van der Waals surface area contributed by atoms with E-state index in [1.807, 2.05) is 24.3 Å². The van der Waals surface area contributed by atoms with E-state index in [-0.39, 0.29) is 30.0 Å². The van der Waals surface area contributed by atoms with Crippen LogP contribution in [-0.4, -0.2) is 37.0 Å². The van der Waals surface area contributed by atoms with Crippen LogP contribution in [0, 0.1) is 17.6 Å². The average molecular weight is 434 g/mol. The lowest BCUT2D eigenvalue weighted by atomic mass is 9.76. The number of likely N-dealkylation sites (tertiary alicyclic amines) is 1. The second-order valence-electron chi connectivity index (χ2n) is 8.10. The van der Waals surface area contributed by atoms with Crippen LogP contribution in [0.4, 0.5) is 8.78 Å². The summed E-state index contributed by atoms with van der Waals surface area (Å²) in [6.07, 6.45) is 5.66. The maximum Gasteiger partial charge on any atom is 0.193 e. The smallest absolute Gasteiger partial charge is 0.193 e. The van der Waals surface area contributed by atoms with Crippen LogP contribution in [0.2, 0.25) is 0 Å². The maximum atomic E-state index is 13.5. The zero-order chi connectivity index (χ0) is 20.1. The highest BCUT2D eigenvalue weighted by Crippen LogP contribution is 2.38. The van der Waals surface area contributed by atoms with Gasteiger partial charge in [0.25, 0.3) is 0 Å². The van der Waals surface area contributed by atoms with Crippen LogP contribution in [0.3, 0.4) is 0 Å². The summed E-state index contributed by atoms with van der Waals surface area (Å²) in [5.74, 6) is 1.16. The first-order valence-electron chi connectivity index (χ1n) is 10.7. The van der Waals surface area contributed by atoms with Gasteiger partial charge in [0, 0.05) is 32.1 Å². The Morgan fingerprint density at radius 1 is 0.833 bits per heavy atom. The quantitative estimate of drug-likeness (QED) is 0.705. The molecular weight excluding hydrogens is 404 g/mol. The number of halogens is 3. The molecule has 0 spiro atoms. The number of aliphatic imine (C=N–C) groups is 1. The van der Waals surface area contributed by atoms with Gasteiger partial charge >= 0.3 is 0 Å². The zero-order valence-corrected chi connectivity index (χ0v) is 18.0. The van der Waals surface area contributed by atoms with Gasteiger partial charge in [-0.2, -0.15) is 0 Å². The van der Waals surface area contributed by atoms with Crippen molar-refractivity contribution < 1.29 is 8.78 Å². The molecule has 1 fully saturated rings. The molecule has 2 aliphatic rings. The lowest BCUT2D eigenvalue weighted by molar-refractivity contribution is 0.243. The van der Waals surface area contributed by atoms with Gasteiger partial charge in [-0.15, -0.1) is 12.4 Å². The van der Waals surface area contributed by atoms with E-state index in [9.17, 15) is 8.78 Å². The number of benzene rings is 2. The predicted octanol–water partition coefficient (Wildman–Crippen LogP) is 5.36. The third-order valence-electron chi connectivity index (χ3n) is 6.15. The Balaban J connectivity index is 0.00000256. The van der Waals surface area contributed by atoms with E-state index in [0.717, 1.165) is 56.1 Å². The minimum absolute atomic E-state index is 0. The molecule has 2 heterocycles. The minimum atomic E-state index is -0.227. The van der Waals surface area contributed by atoms with Crippen molar-refractivity contribution >= 4 is 18.4 Å². The molecule has 0 aromatic heterocycles. The third-order valence-corrected chi connectivity index (χ3v) is 6.15. The first-order chi connectivity index (χ1) is 14.2. The van der Waals surface area contributed by atoms with Crippen LogP contribution in [0.15, 0.2) is 53.5 Å². The molecule has 2 aliphatic heterocycles. The molecule has 6 heteroatoms. The van der Waals surface area contributed by atoms with E-state index in [4.69, 9.17) is 4.99 Å². The second kappa shape index (κ2) is 10.8. The Labute approximate surface area is 184 Å². The standard InChI is InChI=1S/C24H29F2N3.ClH/c25-21-8-4-18(5-9-21)23(19-6-10-22(26)11-7-19)20-12-16-29(17-13-20)24-27-14-2-1-3-15-28-24;/h4-11,20,23H,1-3,12-17H2,(H,27,28);1H. The minimum Gasteiger partial charge on any atom is -0.356 e. The summed E-state index contributed by atoms with van der Waals surface area (Å²) in [6.45, 7) is 3.80. The van der Waals surface area contributed by atoms with E-state index in [2.05, 4.69) is 10.2 Å². The van der Waals surface area contributed by atoms with E-state index < -0.39 is 0 Å². The molecule has 2 aromatic carbocycles. The summed E-state index contributed by atoms with van der Waals surface area (Å²) in [5.41, 5.74) is 2.19. The summed E-state index contributed by atoms with van der Waals surface area (Å²) in [6, 6.07) is 13.6. The Hall–Kier alpha value is -2.14. The highest BCUT2D eigenvalue weighted by atomic mass is 35.5. The first kappa shape index (κ1) is 22.5. The Morgan fingerprint density at radius 2 is 1.40 bits per heavy atom. The first-order valence-corrected chi connectivity index (χ1v) is 10.7. The zero-order valence-electron chi connectivity index (χ0n) is 17.2. The summed E-state index contributed by atoms with van der Waals surface area (Å²) >= 11 is 0. The number of nitrogens with one attached hydrogen (secondary N) is 1. The SMILES string of the molecule is Cl.Fc1ccc(C(c2ccc(F)cc2)C2CCN(/C3=N/CCCCCN3)CC2)cc1. The van der Waals surface area contributed by atoms with Gasteiger partial charge in [-0.05, 0) is 73.4 Å². The molecular formula is C24H30ClF2N3. The molecule has 0 saturated carbocycles. The van der Waals surface area contributed by atoms with Gasteiger partial charge in [-0.3, -0.25) is 4.99 Å². The molecule has 2 aromatic rings. The lowest BCUT2D eigenvalue weighted by Crippen LogP contribution is -2.47. The second-order valence-corrected chi connectivity index (χ2v) is 8.10. The predicted molar refractivity (Wildman–Crippen MR) is 120 cm³/mol. The molecule has 4 rings (SSSR count). The molecule has 0 radical (unpaired) electrons. The van der Waals surface area contributed by atoms with Crippen LogP contribution < -0.4 is 5.32 Å². The van der Waals surface area contributed by atoms with Gasteiger partial charge in [0.2, 0.25) is 0 Å². The van der Waals surface area contributed by atoms with Crippen molar-refractivity contribution in [3.63, 3.8) is 0 Å². The fourth-order valence-electron chi connectivity index (χ4n) is 4.59. The topological polar surface area (TPSA) is 27.6 Å². The highest BCUT2D eigenvalue weighted by Gasteiger charge is 2.30. The number of piperidine rings is 1.